The van der Waals surface area contributed by atoms with E-state index in [0.29, 0.717) is 19.0 Å². The largest absolute Gasteiger partial charge is 0.381 e. The average Bonchev–Trinajstić information content (AvgIpc) is 2.30. The Morgan fingerprint density at radius 3 is 1.79 bits per heavy atom. The molecule has 0 spiro atoms. The van der Waals surface area contributed by atoms with Gasteiger partial charge in [-0.3, -0.25) is 4.79 Å². The molecule has 2 aliphatic rings. The van der Waals surface area contributed by atoms with Crippen molar-refractivity contribution in [2.24, 2.45) is 11.8 Å². The highest BCUT2D eigenvalue weighted by molar-refractivity contribution is 5.83. The van der Waals surface area contributed by atoms with Crippen LogP contribution in [0.4, 0.5) is 0 Å². The Kier molecular flexibility index (Phi) is 3.54. The fraction of sp³-hybridized carbons (Fsp3) is 0.909. The molecule has 0 aromatic rings. The number of rotatable bonds is 2. The number of ether oxygens (including phenoxy) is 2. The minimum Gasteiger partial charge on any atom is -0.381 e. The van der Waals surface area contributed by atoms with Crippen LogP contribution in [0.1, 0.15) is 25.7 Å². The fourth-order valence-corrected chi connectivity index (χ4v) is 2.26. The number of ketones is 1. The molecule has 2 atom stereocenters. The van der Waals surface area contributed by atoms with Crippen molar-refractivity contribution >= 4 is 5.78 Å². The molecule has 0 bridgehead atoms. The van der Waals surface area contributed by atoms with Crippen molar-refractivity contribution in [3.05, 3.63) is 0 Å². The highest BCUT2D eigenvalue weighted by atomic mass is 16.5. The molecule has 0 aromatic carbocycles. The minimum atomic E-state index is 0.149. The zero-order chi connectivity index (χ0) is 9.80. The molecule has 3 nitrogen and oxygen atoms in total. The molecule has 2 unspecified atom stereocenters. The Labute approximate surface area is 84.8 Å². The molecular formula is C11H18O3. The van der Waals surface area contributed by atoms with Crippen LogP contribution >= 0.6 is 0 Å². The molecular weight excluding hydrogens is 180 g/mol. The summed E-state index contributed by atoms with van der Waals surface area (Å²) in [5, 5.41) is 0. The van der Waals surface area contributed by atoms with Crippen LogP contribution in [0.5, 0.6) is 0 Å². The highest BCUT2D eigenvalue weighted by Crippen LogP contribution is 2.23. The van der Waals surface area contributed by atoms with Gasteiger partial charge in [0.15, 0.2) is 0 Å². The third-order valence-electron chi connectivity index (χ3n) is 3.13. The molecule has 2 aliphatic heterocycles. The van der Waals surface area contributed by atoms with E-state index < -0.39 is 0 Å². The van der Waals surface area contributed by atoms with Crippen molar-refractivity contribution in [3.8, 4) is 0 Å². The van der Waals surface area contributed by atoms with Crippen LogP contribution < -0.4 is 0 Å². The van der Waals surface area contributed by atoms with E-state index in [1.54, 1.807) is 0 Å². The number of Topliss-reactive ketones (excluding diaryl/α,β-unsaturated/α-hetero) is 1. The van der Waals surface area contributed by atoms with E-state index in [1.807, 2.05) is 0 Å². The lowest BCUT2D eigenvalue weighted by molar-refractivity contribution is -0.134. The summed E-state index contributed by atoms with van der Waals surface area (Å²) in [6.07, 6.45) is 4.08. The molecule has 0 saturated carbocycles. The first kappa shape index (κ1) is 10.1. The fourth-order valence-electron chi connectivity index (χ4n) is 2.26. The highest BCUT2D eigenvalue weighted by Gasteiger charge is 2.29. The van der Waals surface area contributed by atoms with Crippen LogP contribution in [0.2, 0.25) is 0 Å². The molecule has 2 fully saturated rings. The maximum atomic E-state index is 12.0. The lowest BCUT2D eigenvalue weighted by atomic mass is 9.86. The van der Waals surface area contributed by atoms with E-state index in [1.165, 1.54) is 0 Å². The van der Waals surface area contributed by atoms with E-state index in [2.05, 4.69) is 0 Å². The summed E-state index contributed by atoms with van der Waals surface area (Å²) in [6.45, 7) is 2.92. The molecule has 80 valence electrons. The van der Waals surface area contributed by atoms with E-state index in [9.17, 15) is 4.79 Å². The standard InChI is InChI=1S/C11H18O3/c12-11(9-3-1-5-13-7-9)10-4-2-6-14-8-10/h9-10H,1-8H2. The van der Waals surface area contributed by atoms with Gasteiger partial charge in [0.05, 0.1) is 13.2 Å². The van der Waals surface area contributed by atoms with Crippen LogP contribution in [0.15, 0.2) is 0 Å². The van der Waals surface area contributed by atoms with E-state index in [-0.39, 0.29) is 11.8 Å². The zero-order valence-electron chi connectivity index (χ0n) is 8.54. The first-order chi connectivity index (χ1) is 6.88. The van der Waals surface area contributed by atoms with Crippen molar-refractivity contribution in [1.29, 1.82) is 0 Å². The second-order valence-corrected chi connectivity index (χ2v) is 4.23. The molecule has 2 heterocycles. The van der Waals surface area contributed by atoms with Crippen LogP contribution in [0, 0.1) is 11.8 Å². The smallest absolute Gasteiger partial charge is 0.143 e. The number of hydrogen-bond acceptors (Lipinski definition) is 3. The Balaban J connectivity index is 1.85. The Bertz CT molecular complexity index is 171. The normalized spacial score (nSPS) is 34.0. The first-order valence-electron chi connectivity index (χ1n) is 5.57. The monoisotopic (exact) mass is 198 g/mol. The van der Waals surface area contributed by atoms with Crippen molar-refractivity contribution in [3.63, 3.8) is 0 Å². The summed E-state index contributed by atoms with van der Waals surface area (Å²) in [7, 11) is 0. The van der Waals surface area contributed by atoms with Crippen molar-refractivity contribution < 1.29 is 14.3 Å². The first-order valence-corrected chi connectivity index (χ1v) is 5.57. The van der Waals surface area contributed by atoms with E-state index >= 15 is 0 Å². The molecule has 0 radical (unpaired) electrons. The van der Waals surface area contributed by atoms with Gasteiger partial charge in [-0.1, -0.05) is 0 Å². The summed E-state index contributed by atoms with van der Waals surface area (Å²) >= 11 is 0. The van der Waals surface area contributed by atoms with Gasteiger partial charge in [0.1, 0.15) is 5.78 Å². The van der Waals surface area contributed by atoms with Gasteiger partial charge in [-0.05, 0) is 25.7 Å². The van der Waals surface area contributed by atoms with Crippen LogP contribution in [-0.4, -0.2) is 32.2 Å². The number of hydrogen-bond donors (Lipinski definition) is 0. The van der Waals surface area contributed by atoms with Gasteiger partial charge >= 0.3 is 0 Å². The minimum absolute atomic E-state index is 0.149. The Morgan fingerprint density at radius 2 is 1.43 bits per heavy atom. The SMILES string of the molecule is O=C(C1CCCOC1)C1CCCOC1. The van der Waals surface area contributed by atoms with Gasteiger partial charge in [0.2, 0.25) is 0 Å². The summed E-state index contributed by atoms with van der Waals surface area (Å²) in [4.78, 5) is 12.0. The van der Waals surface area contributed by atoms with Gasteiger partial charge in [0.25, 0.3) is 0 Å². The van der Waals surface area contributed by atoms with Gasteiger partial charge in [0, 0.05) is 25.0 Å². The summed E-state index contributed by atoms with van der Waals surface area (Å²) < 4.78 is 10.7. The van der Waals surface area contributed by atoms with Crippen LogP contribution in [0.25, 0.3) is 0 Å². The predicted octanol–water partition coefficient (Wildman–Crippen LogP) is 1.41. The molecule has 2 rings (SSSR count). The van der Waals surface area contributed by atoms with Gasteiger partial charge in [-0.15, -0.1) is 0 Å². The lowest BCUT2D eigenvalue weighted by Crippen LogP contribution is -2.34. The predicted molar refractivity (Wildman–Crippen MR) is 52.1 cm³/mol. The molecule has 0 aromatic heterocycles. The van der Waals surface area contributed by atoms with Crippen molar-refractivity contribution in [2.75, 3.05) is 26.4 Å². The van der Waals surface area contributed by atoms with Crippen LogP contribution in [-0.2, 0) is 14.3 Å². The van der Waals surface area contributed by atoms with Crippen LogP contribution in [0.3, 0.4) is 0 Å². The molecule has 2 saturated heterocycles. The van der Waals surface area contributed by atoms with Gasteiger partial charge in [-0.25, -0.2) is 0 Å². The van der Waals surface area contributed by atoms with Crippen molar-refractivity contribution in [2.45, 2.75) is 25.7 Å². The zero-order valence-corrected chi connectivity index (χ0v) is 8.54. The third kappa shape index (κ3) is 2.34. The Hall–Kier alpha value is -0.410. The molecule has 0 aliphatic carbocycles. The second-order valence-electron chi connectivity index (χ2n) is 4.23. The van der Waals surface area contributed by atoms with E-state index in [0.717, 1.165) is 38.9 Å². The average molecular weight is 198 g/mol. The second kappa shape index (κ2) is 4.89. The molecule has 0 N–H and O–H groups in total. The molecule has 14 heavy (non-hydrogen) atoms. The summed E-state index contributed by atoms with van der Waals surface area (Å²) in [6, 6.07) is 0. The summed E-state index contributed by atoms with van der Waals surface area (Å²) in [5.74, 6) is 0.676. The molecule has 3 heteroatoms. The lowest BCUT2D eigenvalue weighted by Gasteiger charge is -2.27. The Morgan fingerprint density at radius 1 is 0.929 bits per heavy atom. The third-order valence-corrected chi connectivity index (χ3v) is 3.13. The van der Waals surface area contributed by atoms with Gasteiger partial charge < -0.3 is 9.47 Å². The van der Waals surface area contributed by atoms with E-state index in [4.69, 9.17) is 9.47 Å². The summed E-state index contributed by atoms with van der Waals surface area (Å²) in [5.41, 5.74) is 0. The van der Waals surface area contributed by atoms with Crippen molar-refractivity contribution in [1.82, 2.24) is 0 Å². The maximum Gasteiger partial charge on any atom is 0.143 e. The maximum absolute atomic E-state index is 12.0. The number of carbonyl (C=O) groups is 1. The van der Waals surface area contributed by atoms with Gasteiger partial charge in [-0.2, -0.15) is 0 Å². The molecule has 0 amide bonds. The quantitative estimate of drug-likeness (QED) is 0.673. The topological polar surface area (TPSA) is 35.5 Å². The number of carbonyl (C=O) groups excluding carboxylic acids is 1.